The topological polar surface area (TPSA) is 71.3 Å². The van der Waals surface area contributed by atoms with Crippen molar-refractivity contribution in [1.29, 1.82) is 5.26 Å². The van der Waals surface area contributed by atoms with Crippen LogP contribution in [0.5, 0.6) is 5.75 Å². The van der Waals surface area contributed by atoms with Crippen molar-refractivity contribution in [2.45, 2.75) is 36.7 Å². The first kappa shape index (κ1) is 13.7. The Bertz CT molecular complexity index is 625. The molecule has 5 heteroatoms. The van der Waals surface area contributed by atoms with Crippen LogP contribution in [0.4, 0.5) is 4.79 Å². The quantitative estimate of drug-likeness (QED) is 0.923. The van der Waals surface area contributed by atoms with Gasteiger partial charge in [0.2, 0.25) is 0 Å². The van der Waals surface area contributed by atoms with Gasteiger partial charge in [-0.15, -0.1) is 0 Å². The van der Waals surface area contributed by atoms with Crippen LogP contribution in [-0.4, -0.2) is 20.3 Å². The molecular formula is C16H18N2O3. The second-order valence-corrected chi connectivity index (χ2v) is 5.74. The molecular weight excluding hydrogens is 268 g/mol. The van der Waals surface area contributed by atoms with Crippen LogP contribution in [0.2, 0.25) is 0 Å². The van der Waals surface area contributed by atoms with Gasteiger partial charge >= 0.3 is 6.09 Å². The minimum atomic E-state index is -0.535. The largest absolute Gasteiger partial charge is 0.496 e. The van der Waals surface area contributed by atoms with Gasteiger partial charge in [-0.3, -0.25) is 0 Å². The number of benzene rings is 1. The summed E-state index contributed by atoms with van der Waals surface area (Å²) in [6, 6.07) is 8.16. The van der Waals surface area contributed by atoms with Crippen LogP contribution in [0.3, 0.4) is 0 Å². The van der Waals surface area contributed by atoms with E-state index >= 15 is 0 Å². The summed E-state index contributed by atoms with van der Waals surface area (Å²) in [5, 5.41) is 11.9. The van der Waals surface area contributed by atoms with Crippen molar-refractivity contribution in [2.24, 2.45) is 0 Å². The molecule has 0 heterocycles. The maximum absolute atomic E-state index is 11.5. The Hall–Kier alpha value is -2.22. The van der Waals surface area contributed by atoms with Gasteiger partial charge in [-0.25, -0.2) is 4.79 Å². The number of carbonyl (C=O) groups excluding carboxylic acids is 1. The van der Waals surface area contributed by atoms with Crippen LogP contribution in [0.15, 0.2) is 18.2 Å². The fourth-order valence-electron chi connectivity index (χ4n) is 2.72. The standard InChI is InChI=1S/C16H18N2O3/c1-18-14(19)21-16(7-8-16)11-3-4-13(20-2)12(9-11)15(10-17)5-6-15/h3-4,9H,5-8H2,1-2H3,(H,18,19). The number of hydrogen-bond acceptors (Lipinski definition) is 4. The van der Waals surface area contributed by atoms with E-state index in [1.54, 1.807) is 14.2 Å². The van der Waals surface area contributed by atoms with E-state index in [0.717, 1.165) is 42.6 Å². The summed E-state index contributed by atoms with van der Waals surface area (Å²) >= 11 is 0. The van der Waals surface area contributed by atoms with Crippen LogP contribution >= 0.6 is 0 Å². The fraction of sp³-hybridized carbons (Fsp3) is 0.500. The lowest BCUT2D eigenvalue weighted by molar-refractivity contribution is 0.0830. The first-order valence-corrected chi connectivity index (χ1v) is 7.10. The molecule has 2 saturated carbocycles. The molecule has 2 fully saturated rings. The normalized spacial score (nSPS) is 20.0. The smallest absolute Gasteiger partial charge is 0.407 e. The Morgan fingerprint density at radius 1 is 1.33 bits per heavy atom. The SMILES string of the molecule is CNC(=O)OC1(c2ccc(OC)c(C3(C#N)CC3)c2)CC1. The molecule has 1 aromatic carbocycles. The number of nitriles is 1. The predicted molar refractivity (Wildman–Crippen MR) is 76.0 cm³/mol. The number of alkyl carbamates (subject to hydrolysis) is 1. The highest BCUT2D eigenvalue weighted by molar-refractivity contribution is 5.68. The molecule has 0 radical (unpaired) electrons. The number of ether oxygens (including phenoxy) is 2. The number of rotatable bonds is 4. The molecule has 1 aromatic rings. The Morgan fingerprint density at radius 2 is 2.05 bits per heavy atom. The third kappa shape index (κ3) is 2.21. The first-order chi connectivity index (χ1) is 10.1. The summed E-state index contributed by atoms with van der Waals surface area (Å²) in [7, 11) is 3.16. The summed E-state index contributed by atoms with van der Waals surface area (Å²) in [4.78, 5) is 11.5. The molecule has 1 N–H and O–H groups in total. The molecule has 1 amide bonds. The maximum Gasteiger partial charge on any atom is 0.407 e. The van der Waals surface area contributed by atoms with Crippen molar-refractivity contribution in [3.8, 4) is 11.8 Å². The summed E-state index contributed by atoms with van der Waals surface area (Å²) < 4.78 is 10.9. The number of nitrogens with one attached hydrogen (secondary N) is 1. The molecule has 5 nitrogen and oxygen atoms in total. The van der Waals surface area contributed by atoms with Crippen molar-refractivity contribution >= 4 is 6.09 Å². The average molecular weight is 286 g/mol. The van der Waals surface area contributed by atoms with Crippen molar-refractivity contribution in [3.05, 3.63) is 29.3 Å². The van der Waals surface area contributed by atoms with Gasteiger partial charge in [0.1, 0.15) is 11.4 Å². The number of methoxy groups -OCH3 is 1. The molecule has 0 atom stereocenters. The molecule has 110 valence electrons. The second kappa shape index (κ2) is 4.66. The van der Waals surface area contributed by atoms with Gasteiger partial charge < -0.3 is 14.8 Å². The molecule has 0 aliphatic heterocycles. The Balaban J connectivity index is 1.97. The molecule has 21 heavy (non-hydrogen) atoms. The minimum Gasteiger partial charge on any atom is -0.496 e. The maximum atomic E-state index is 11.5. The van der Waals surface area contributed by atoms with Gasteiger partial charge in [0.05, 0.1) is 18.6 Å². The predicted octanol–water partition coefficient (Wildman–Crippen LogP) is 2.60. The van der Waals surface area contributed by atoms with Gasteiger partial charge in [0.25, 0.3) is 0 Å². The molecule has 0 unspecified atom stereocenters. The first-order valence-electron chi connectivity index (χ1n) is 7.10. The van der Waals surface area contributed by atoms with Crippen LogP contribution in [-0.2, 0) is 15.8 Å². The molecule has 0 bridgehead atoms. The van der Waals surface area contributed by atoms with Crippen molar-refractivity contribution < 1.29 is 14.3 Å². The van der Waals surface area contributed by atoms with Gasteiger partial charge in [-0.2, -0.15) is 5.26 Å². The Labute approximate surface area is 123 Å². The van der Waals surface area contributed by atoms with E-state index in [1.807, 2.05) is 18.2 Å². The van der Waals surface area contributed by atoms with Gasteiger partial charge in [0, 0.05) is 12.6 Å². The van der Waals surface area contributed by atoms with E-state index in [0.29, 0.717) is 0 Å². The van der Waals surface area contributed by atoms with Crippen LogP contribution in [0, 0.1) is 11.3 Å². The van der Waals surface area contributed by atoms with Crippen molar-refractivity contribution in [3.63, 3.8) is 0 Å². The monoisotopic (exact) mass is 286 g/mol. The van der Waals surface area contributed by atoms with E-state index in [2.05, 4.69) is 11.4 Å². The molecule has 2 aliphatic carbocycles. The lowest BCUT2D eigenvalue weighted by Gasteiger charge is -2.20. The summed E-state index contributed by atoms with van der Waals surface area (Å²) in [5.74, 6) is 0.730. The molecule has 0 aromatic heterocycles. The third-order valence-corrected chi connectivity index (χ3v) is 4.40. The van der Waals surface area contributed by atoms with Crippen molar-refractivity contribution in [2.75, 3.05) is 14.2 Å². The second-order valence-electron chi connectivity index (χ2n) is 5.74. The number of nitrogens with zero attached hydrogens (tertiary/aromatic N) is 1. The van der Waals surface area contributed by atoms with E-state index < -0.39 is 17.1 Å². The molecule has 0 saturated heterocycles. The zero-order valence-corrected chi connectivity index (χ0v) is 12.2. The molecule has 0 spiro atoms. The zero-order valence-electron chi connectivity index (χ0n) is 12.2. The van der Waals surface area contributed by atoms with E-state index in [-0.39, 0.29) is 0 Å². The number of amides is 1. The zero-order chi connectivity index (χ0) is 15.1. The van der Waals surface area contributed by atoms with E-state index in [9.17, 15) is 10.1 Å². The van der Waals surface area contributed by atoms with Crippen LogP contribution in [0.1, 0.15) is 36.8 Å². The van der Waals surface area contributed by atoms with Crippen molar-refractivity contribution in [1.82, 2.24) is 5.32 Å². The van der Waals surface area contributed by atoms with Crippen LogP contribution in [0.25, 0.3) is 0 Å². The number of carbonyl (C=O) groups is 1. The molecule has 2 aliphatic rings. The molecule has 3 rings (SSSR count). The fourth-order valence-corrected chi connectivity index (χ4v) is 2.72. The average Bonchev–Trinajstić information content (AvgIpc) is 3.42. The summed E-state index contributed by atoms with van der Waals surface area (Å²) in [6.07, 6.45) is 2.91. The Morgan fingerprint density at radius 3 is 2.52 bits per heavy atom. The summed E-state index contributed by atoms with van der Waals surface area (Å²) in [5.41, 5.74) is 0.900. The van der Waals surface area contributed by atoms with Gasteiger partial charge in [-0.05, 0) is 43.4 Å². The highest BCUT2D eigenvalue weighted by Crippen LogP contribution is 2.54. The highest BCUT2D eigenvalue weighted by atomic mass is 16.6. The van der Waals surface area contributed by atoms with Gasteiger partial charge in [0.15, 0.2) is 0 Å². The minimum absolute atomic E-state index is 0.425. The highest BCUT2D eigenvalue weighted by Gasteiger charge is 2.51. The third-order valence-electron chi connectivity index (χ3n) is 4.40. The number of hydrogen-bond donors (Lipinski definition) is 1. The van der Waals surface area contributed by atoms with E-state index in [1.165, 1.54) is 0 Å². The Kier molecular flexibility index (Phi) is 3.05. The lowest BCUT2D eigenvalue weighted by Crippen LogP contribution is -2.26. The van der Waals surface area contributed by atoms with Crippen LogP contribution < -0.4 is 10.1 Å². The van der Waals surface area contributed by atoms with E-state index in [4.69, 9.17) is 9.47 Å². The van der Waals surface area contributed by atoms with Gasteiger partial charge in [-0.1, -0.05) is 6.07 Å². The lowest BCUT2D eigenvalue weighted by atomic mass is 9.92. The summed E-state index contributed by atoms with van der Waals surface area (Å²) in [6.45, 7) is 0.